The number of benzene rings is 1. The molecular formula is C11H11FN2O5. The van der Waals surface area contributed by atoms with Gasteiger partial charge in [-0.15, -0.1) is 0 Å². The molecule has 19 heavy (non-hydrogen) atoms. The molecule has 0 aliphatic heterocycles. The molecule has 0 spiro atoms. The van der Waals surface area contributed by atoms with Gasteiger partial charge in [0, 0.05) is 0 Å². The van der Waals surface area contributed by atoms with Crippen molar-refractivity contribution in [2.75, 3.05) is 13.2 Å². The molecule has 1 aromatic carbocycles. The molecule has 0 heterocycles. The van der Waals surface area contributed by atoms with Crippen LogP contribution in [0.5, 0.6) is 0 Å². The summed E-state index contributed by atoms with van der Waals surface area (Å²) < 4.78 is 13.2. The van der Waals surface area contributed by atoms with Crippen LogP contribution in [0.15, 0.2) is 24.3 Å². The third-order valence-electron chi connectivity index (χ3n) is 1.91. The summed E-state index contributed by atoms with van der Waals surface area (Å²) in [5.41, 5.74) is 1.61. The Balaban J connectivity index is 2.36. The number of halogens is 1. The maximum Gasteiger partial charge on any atom is 0.332 e. The minimum absolute atomic E-state index is 0.193. The normalized spacial score (nSPS) is 9.74. The molecule has 0 aliphatic rings. The van der Waals surface area contributed by atoms with Crippen LogP contribution in [0.3, 0.4) is 0 Å². The molecule has 0 atom stereocenters. The number of carboxylic acid groups (broad SMARTS) is 1. The Morgan fingerprint density at radius 2 is 1.95 bits per heavy atom. The predicted molar refractivity (Wildman–Crippen MR) is 60.5 cm³/mol. The molecule has 0 aromatic heterocycles. The van der Waals surface area contributed by atoms with E-state index in [2.05, 4.69) is 10.2 Å². The summed E-state index contributed by atoms with van der Waals surface area (Å²) in [7, 11) is 0. The molecule has 0 unspecified atom stereocenters. The lowest BCUT2D eigenvalue weighted by molar-refractivity contribution is -0.148. The van der Waals surface area contributed by atoms with Crippen LogP contribution in [0.1, 0.15) is 10.4 Å². The maximum absolute atomic E-state index is 13.2. The second kappa shape index (κ2) is 7.07. The zero-order valence-corrected chi connectivity index (χ0v) is 9.68. The van der Waals surface area contributed by atoms with Gasteiger partial charge in [0.15, 0.2) is 6.61 Å². The number of hydroxylamine groups is 1. The fourth-order valence-electron chi connectivity index (χ4n) is 1.12. The molecule has 2 amide bonds. The Kier molecular flexibility index (Phi) is 5.42. The van der Waals surface area contributed by atoms with Crippen molar-refractivity contribution >= 4 is 17.8 Å². The largest absolute Gasteiger partial charge is 0.479 e. The van der Waals surface area contributed by atoms with Crippen molar-refractivity contribution in [3.63, 3.8) is 0 Å². The van der Waals surface area contributed by atoms with Crippen molar-refractivity contribution in [3.8, 4) is 0 Å². The molecule has 8 heteroatoms. The first kappa shape index (κ1) is 14.6. The zero-order chi connectivity index (χ0) is 14.3. The smallest absolute Gasteiger partial charge is 0.332 e. The van der Waals surface area contributed by atoms with Crippen molar-refractivity contribution in [3.05, 3.63) is 35.6 Å². The molecule has 102 valence electrons. The molecule has 7 nitrogen and oxygen atoms in total. The Morgan fingerprint density at radius 3 is 2.58 bits per heavy atom. The lowest BCUT2D eigenvalue weighted by atomic mass is 10.2. The first-order valence-corrected chi connectivity index (χ1v) is 5.16. The van der Waals surface area contributed by atoms with E-state index in [4.69, 9.17) is 5.11 Å². The van der Waals surface area contributed by atoms with E-state index >= 15 is 0 Å². The van der Waals surface area contributed by atoms with Crippen molar-refractivity contribution < 1.29 is 28.7 Å². The topological polar surface area (TPSA) is 105 Å². The minimum Gasteiger partial charge on any atom is -0.479 e. The predicted octanol–water partition coefficient (Wildman–Crippen LogP) is -0.312. The number of rotatable bonds is 6. The van der Waals surface area contributed by atoms with Crippen molar-refractivity contribution in [1.82, 2.24) is 10.8 Å². The fraction of sp³-hybridized carbons (Fsp3) is 0.182. The molecule has 0 radical (unpaired) electrons. The monoisotopic (exact) mass is 270 g/mol. The Bertz CT molecular complexity index is 492. The number of amides is 2. The molecular weight excluding hydrogens is 259 g/mol. The van der Waals surface area contributed by atoms with E-state index in [9.17, 15) is 18.8 Å². The van der Waals surface area contributed by atoms with Gasteiger partial charge >= 0.3 is 5.97 Å². The molecule has 1 aromatic rings. The van der Waals surface area contributed by atoms with Crippen LogP contribution in [-0.2, 0) is 14.4 Å². The first-order valence-electron chi connectivity index (χ1n) is 5.16. The van der Waals surface area contributed by atoms with Gasteiger partial charge in [-0.1, -0.05) is 12.1 Å². The van der Waals surface area contributed by atoms with Gasteiger partial charge in [0.05, 0.1) is 12.1 Å². The molecule has 1 rings (SSSR count). The van der Waals surface area contributed by atoms with Gasteiger partial charge in [-0.2, -0.15) is 0 Å². The summed E-state index contributed by atoms with van der Waals surface area (Å²) in [6.45, 7) is -1.17. The average Bonchev–Trinajstić information content (AvgIpc) is 2.36. The second-order valence-electron chi connectivity index (χ2n) is 3.37. The molecule has 0 saturated carbocycles. The maximum atomic E-state index is 13.2. The molecule has 0 fully saturated rings. The Morgan fingerprint density at radius 1 is 1.26 bits per heavy atom. The summed E-state index contributed by atoms with van der Waals surface area (Å²) in [4.78, 5) is 37.0. The van der Waals surface area contributed by atoms with Crippen LogP contribution >= 0.6 is 0 Å². The van der Waals surface area contributed by atoms with E-state index < -0.39 is 36.8 Å². The molecule has 0 saturated heterocycles. The fourth-order valence-corrected chi connectivity index (χ4v) is 1.12. The van der Waals surface area contributed by atoms with Gasteiger partial charge < -0.3 is 10.4 Å². The average molecular weight is 270 g/mol. The van der Waals surface area contributed by atoms with Crippen LogP contribution < -0.4 is 10.8 Å². The highest BCUT2D eigenvalue weighted by Gasteiger charge is 2.12. The van der Waals surface area contributed by atoms with Crippen molar-refractivity contribution in [2.24, 2.45) is 0 Å². The Labute approximate surface area is 107 Å². The van der Waals surface area contributed by atoms with Gasteiger partial charge in [0.1, 0.15) is 5.82 Å². The van der Waals surface area contributed by atoms with E-state index in [1.165, 1.54) is 18.2 Å². The number of carboxylic acids is 1. The van der Waals surface area contributed by atoms with E-state index in [0.717, 1.165) is 6.07 Å². The summed E-state index contributed by atoms with van der Waals surface area (Å²) in [5.74, 6) is -3.48. The standard InChI is InChI=1S/C11H11FN2O5/c12-8-4-2-1-3-7(8)11(18)13-5-9(15)14-19-6-10(16)17/h1-4H,5-6H2,(H,13,18)(H,14,15)(H,16,17). The van der Waals surface area contributed by atoms with E-state index in [1.54, 1.807) is 0 Å². The van der Waals surface area contributed by atoms with Crippen LogP contribution in [0.25, 0.3) is 0 Å². The lowest BCUT2D eigenvalue weighted by Crippen LogP contribution is -2.37. The number of hydrogen-bond donors (Lipinski definition) is 3. The third kappa shape index (κ3) is 5.13. The summed E-state index contributed by atoms with van der Waals surface area (Å²) in [5, 5.41) is 10.4. The highest BCUT2D eigenvalue weighted by atomic mass is 19.1. The molecule has 0 bridgehead atoms. The van der Waals surface area contributed by atoms with Gasteiger partial charge in [-0.3, -0.25) is 14.4 Å². The van der Waals surface area contributed by atoms with Crippen LogP contribution in [0.4, 0.5) is 4.39 Å². The lowest BCUT2D eigenvalue weighted by Gasteiger charge is -2.06. The molecule has 0 aliphatic carbocycles. The van der Waals surface area contributed by atoms with E-state index in [1.807, 2.05) is 5.48 Å². The summed E-state index contributed by atoms with van der Waals surface area (Å²) in [6.07, 6.45) is 0. The minimum atomic E-state index is -1.25. The van der Waals surface area contributed by atoms with Crippen molar-refractivity contribution in [2.45, 2.75) is 0 Å². The van der Waals surface area contributed by atoms with Gasteiger partial charge in [0.2, 0.25) is 0 Å². The van der Waals surface area contributed by atoms with E-state index in [0.29, 0.717) is 0 Å². The van der Waals surface area contributed by atoms with Gasteiger partial charge in [0.25, 0.3) is 11.8 Å². The van der Waals surface area contributed by atoms with Crippen LogP contribution in [-0.4, -0.2) is 36.0 Å². The summed E-state index contributed by atoms with van der Waals surface area (Å²) in [6, 6.07) is 5.29. The second-order valence-corrected chi connectivity index (χ2v) is 3.37. The Hall–Kier alpha value is -2.48. The highest BCUT2D eigenvalue weighted by Crippen LogP contribution is 2.05. The third-order valence-corrected chi connectivity index (χ3v) is 1.91. The van der Waals surface area contributed by atoms with Crippen LogP contribution in [0.2, 0.25) is 0 Å². The van der Waals surface area contributed by atoms with E-state index in [-0.39, 0.29) is 5.56 Å². The number of hydrogen-bond acceptors (Lipinski definition) is 4. The van der Waals surface area contributed by atoms with Crippen molar-refractivity contribution in [1.29, 1.82) is 0 Å². The SMILES string of the molecule is O=C(O)CONC(=O)CNC(=O)c1ccccc1F. The highest BCUT2D eigenvalue weighted by molar-refractivity contribution is 5.96. The number of carbonyl (C=O) groups is 3. The number of aliphatic carboxylic acids is 1. The van der Waals surface area contributed by atoms with Gasteiger partial charge in [-0.25, -0.2) is 14.7 Å². The molecule has 3 N–H and O–H groups in total. The first-order chi connectivity index (χ1) is 9.00. The number of nitrogens with one attached hydrogen (secondary N) is 2. The van der Waals surface area contributed by atoms with Crippen LogP contribution in [0, 0.1) is 5.82 Å². The van der Waals surface area contributed by atoms with Gasteiger partial charge in [-0.05, 0) is 12.1 Å². The zero-order valence-electron chi connectivity index (χ0n) is 9.68. The quantitative estimate of drug-likeness (QED) is 0.615. The summed E-state index contributed by atoms with van der Waals surface area (Å²) >= 11 is 0. The number of carbonyl (C=O) groups excluding carboxylic acids is 2.